The van der Waals surface area contributed by atoms with Crippen molar-refractivity contribution in [1.82, 2.24) is 5.32 Å². The summed E-state index contributed by atoms with van der Waals surface area (Å²) >= 11 is 0. The second-order valence-electron chi connectivity index (χ2n) is 8.04. The Morgan fingerprint density at radius 3 is 2.17 bits per heavy atom. The lowest BCUT2D eigenvalue weighted by Crippen LogP contribution is -2.31. The molecule has 2 amide bonds. The molecule has 3 aromatic rings. The number of benzene rings is 3. The lowest BCUT2D eigenvalue weighted by molar-refractivity contribution is -0.148. The number of methoxy groups -OCH3 is 1. The molecule has 8 nitrogen and oxygen atoms in total. The van der Waals surface area contributed by atoms with Crippen LogP contribution in [0.15, 0.2) is 78.9 Å². The van der Waals surface area contributed by atoms with Crippen molar-refractivity contribution in [3.8, 4) is 17.2 Å². The Bertz CT molecular complexity index is 1150. The third kappa shape index (κ3) is 8.47. The van der Waals surface area contributed by atoms with Gasteiger partial charge in [0, 0.05) is 18.5 Å². The van der Waals surface area contributed by atoms with E-state index in [0.717, 1.165) is 5.56 Å². The van der Waals surface area contributed by atoms with Gasteiger partial charge in [0.15, 0.2) is 18.1 Å². The van der Waals surface area contributed by atoms with Gasteiger partial charge in [-0.2, -0.15) is 0 Å². The molecule has 0 spiro atoms. The summed E-state index contributed by atoms with van der Waals surface area (Å²) in [5, 5.41) is 5.56. The van der Waals surface area contributed by atoms with Crippen molar-refractivity contribution < 1.29 is 28.6 Å². The maximum atomic E-state index is 12.2. The Hall–Kier alpha value is -4.33. The van der Waals surface area contributed by atoms with Crippen LogP contribution in [0.3, 0.4) is 0 Å². The molecule has 0 saturated carbocycles. The zero-order chi connectivity index (χ0) is 25.8. The lowest BCUT2D eigenvalue weighted by Gasteiger charge is -2.14. The molecule has 3 rings (SSSR count). The number of esters is 1. The molecule has 0 saturated heterocycles. The predicted molar refractivity (Wildman–Crippen MR) is 136 cm³/mol. The van der Waals surface area contributed by atoms with E-state index < -0.39 is 5.97 Å². The van der Waals surface area contributed by atoms with Gasteiger partial charge in [0.2, 0.25) is 5.91 Å². The first-order valence-electron chi connectivity index (χ1n) is 11.7. The van der Waals surface area contributed by atoms with Crippen LogP contribution in [-0.2, 0) is 19.1 Å². The monoisotopic (exact) mass is 490 g/mol. The first-order chi connectivity index (χ1) is 17.4. The molecule has 0 aliphatic heterocycles. The molecule has 2 N–H and O–H groups in total. The number of anilines is 1. The van der Waals surface area contributed by atoms with Crippen LogP contribution in [0.4, 0.5) is 5.69 Å². The molecule has 0 radical (unpaired) electrons. The molecule has 188 valence electrons. The van der Waals surface area contributed by atoms with Gasteiger partial charge in [-0.1, -0.05) is 42.5 Å². The second-order valence-corrected chi connectivity index (χ2v) is 8.04. The van der Waals surface area contributed by atoms with Crippen LogP contribution in [0.5, 0.6) is 17.2 Å². The van der Waals surface area contributed by atoms with Gasteiger partial charge >= 0.3 is 5.97 Å². The summed E-state index contributed by atoms with van der Waals surface area (Å²) in [6, 6.07) is 23.6. The topological polar surface area (TPSA) is 103 Å². The predicted octanol–water partition coefficient (Wildman–Crippen LogP) is 5.02. The first-order valence-corrected chi connectivity index (χ1v) is 11.7. The summed E-state index contributed by atoms with van der Waals surface area (Å²) in [6.07, 6.45) is 0.494. The van der Waals surface area contributed by atoms with Crippen molar-refractivity contribution in [1.29, 1.82) is 0 Å². The zero-order valence-corrected chi connectivity index (χ0v) is 20.4. The quantitative estimate of drug-likeness (QED) is 0.346. The van der Waals surface area contributed by atoms with Gasteiger partial charge in [0.1, 0.15) is 5.75 Å². The summed E-state index contributed by atoms with van der Waals surface area (Å²) in [5.41, 5.74) is 1.57. The fourth-order valence-electron chi connectivity index (χ4n) is 3.38. The highest BCUT2D eigenvalue weighted by Gasteiger charge is 2.12. The summed E-state index contributed by atoms with van der Waals surface area (Å²) < 4.78 is 16.1. The van der Waals surface area contributed by atoms with Crippen molar-refractivity contribution in [2.75, 3.05) is 19.0 Å². The summed E-state index contributed by atoms with van der Waals surface area (Å²) in [7, 11) is 1.57. The molecule has 0 heterocycles. The molecular weight excluding hydrogens is 460 g/mol. The van der Waals surface area contributed by atoms with Crippen LogP contribution in [0.2, 0.25) is 0 Å². The van der Waals surface area contributed by atoms with Gasteiger partial charge in [0.05, 0.1) is 13.2 Å². The van der Waals surface area contributed by atoms with Gasteiger partial charge in [-0.05, 0) is 55.3 Å². The van der Waals surface area contributed by atoms with E-state index in [0.29, 0.717) is 29.4 Å². The zero-order valence-electron chi connectivity index (χ0n) is 20.4. The Morgan fingerprint density at radius 1 is 0.806 bits per heavy atom. The van der Waals surface area contributed by atoms with E-state index in [1.54, 1.807) is 43.5 Å². The molecule has 8 heteroatoms. The Labute approximate surface area is 210 Å². The van der Waals surface area contributed by atoms with Gasteiger partial charge in [-0.25, -0.2) is 0 Å². The van der Waals surface area contributed by atoms with Crippen molar-refractivity contribution in [3.05, 3.63) is 84.4 Å². The molecule has 1 atom stereocenters. The smallest absolute Gasteiger partial charge is 0.306 e. The van der Waals surface area contributed by atoms with Crippen LogP contribution < -0.4 is 20.1 Å². The number of hydrogen-bond donors (Lipinski definition) is 2. The van der Waals surface area contributed by atoms with E-state index in [1.807, 2.05) is 49.4 Å². The minimum Gasteiger partial charge on any atom is -0.493 e. The number of amides is 2. The lowest BCUT2D eigenvalue weighted by atomic mass is 10.1. The molecule has 36 heavy (non-hydrogen) atoms. The van der Waals surface area contributed by atoms with Crippen molar-refractivity contribution in [2.45, 2.75) is 32.2 Å². The highest BCUT2D eigenvalue weighted by Crippen LogP contribution is 2.31. The molecule has 3 aromatic carbocycles. The average molecular weight is 491 g/mol. The first kappa shape index (κ1) is 26.3. The number of para-hydroxylation sites is 2. The van der Waals surface area contributed by atoms with E-state index in [2.05, 4.69) is 10.6 Å². The van der Waals surface area contributed by atoms with E-state index in [-0.39, 0.29) is 37.3 Å². The largest absolute Gasteiger partial charge is 0.493 e. The van der Waals surface area contributed by atoms with Gasteiger partial charge in [0.25, 0.3) is 5.91 Å². The molecule has 0 aliphatic carbocycles. The van der Waals surface area contributed by atoms with Gasteiger partial charge in [-0.3, -0.25) is 14.4 Å². The number of carbonyl (C=O) groups excluding carboxylic acids is 3. The van der Waals surface area contributed by atoms with Crippen molar-refractivity contribution >= 4 is 23.5 Å². The number of carbonyl (C=O) groups is 3. The summed E-state index contributed by atoms with van der Waals surface area (Å²) in [5.74, 6) is 0.680. The molecule has 0 bridgehead atoms. The van der Waals surface area contributed by atoms with Crippen molar-refractivity contribution in [2.24, 2.45) is 0 Å². The maximum Gasteiger partial charge on any atom is 0.306 e. The molecule has 0 aromatic heterocycles. The van der Waals surface area contributed by atoms with Gasteiger partial charge in [-0.15, -0.1) is 0 Å². The number of nitrogens with one attached hydrogen (secondary N) is 2. The summed E-state index contributed by atoms with van der Waals surface area (Å²) in [6.45, 7) is 1.50. The molecule has 0 fully saturated rings. The fourth-order valence-corrected chi connectivity index (χ4v) is 3.38. The van der Waals surface area contributed by atoms with Crippen molar-refractivity contribution in [3.63, 3.8) is 0 Å². The average Bonchev–Trinajstić information content (AvgIpc) is 2.89. The standard InChI is InChI=1S/C28H30N2O6/c1-20(21-9-4-3-5-10-21)29-27(32)19-35-28(33)14-8-13-26(31)30-22-15-17-23(18-16-22)36-25-12-7-6-11-24(25)34-2/h3-7,9-12,15-18,20H,8,13-14,19H2,1-2H3,(H,29,32)(H,30,31)/t20-/m0/s1. The van der Waals surface area contributed by atoms with E-state index >= 15 is 0 Å². The van der Waals surface area contributed by atoms with Crippen LogP contribution >= 0.6 is 0 Å². The van der Waals surface area contributed by atoms with Gasteiger partial charge < -0.3 is 24.8 Å². The number of hydrogen-bond acceptors (Lipinski definition) is 6. The number of rotatable bonds is 12. The molecule has 0 aliphatic rings. The summed E-state index contributed by atoms with van der Waals surface area (Å²) in [4.78, 5) is 36.1. The van der Waals surface area contributed by atoms with Crippen LogP contribution in [0, 0.1) is 0 Å². The Kier molecular flexibility index (Phi) is 9.88. The maximum absolute atomic E-state index is 12.2. The van der Waals surface area contributed by atoms with Crippen LogP contribution in [-0.4, -0.2) is 31.5 Å². The SMILES string of the molecule is COc1ccccc1Oc1ccc(NC(=O)CCCC(=O)OCC(=O)N[C@@H](C)c2ccccc2)cc1. The van der Waals surface area contributed by atoms with E-state index in [9.17, 15) is 14.4 Å². The highest BCUT2D eigenvalue weighted by molar-refractivity contribution is 5.91. The second kappa shape index (κ2) is 13.5. The van der Waals surface area contributed by atoms with E-state index in [1.165, 1.54) is 0 Å². The normalized spacial score (nSPS) is 11.2. The Balaban J connectivity index is 1.33. The molecule has 0 unspecified atom stereocenters. The highest BCUT2D eigenvalue weighted by atomic mass is 16.5. The third-order valence-electron chi connectivity index (χ3n) is 5.26. The minimum atomic E-state index is -0.525. The molecular formula is C28H30N2O6. The van der Waals surface area contributed by atoms with Crippen LogP contribution in [0.25, 0.3) is 0 Å². The van der Waals surface area contributed by atoms with E-state index in [4.69, 9.17) is 14.2 Å². The minimum absolute atomic E-state index is 0.0423. The van der Waals surface area contributed by atoms with Crippen LogP contribution in [0.1, 0.15) is 37.8 Å². The Morgan fingerprint density at radius 2 is 1.47 bits per heavy atom. The fraction of sp³-hybridized carbons (Fsp3) is 0.250. The third-order valence-corrected chi connectivity index (χ3v) is 5.26. The number of ether oxygens (including phenoxy) is 3.